The van der Waals surface area contributed by atoms with E-state index in [0.717, 1.165) is 5.56 Å². The van der Waals surface area contributed by atoms with Crippen LogP contribution in [0, 0.1) is 10.1 Å². The number of rotatable bonds is 6. The molecule has 6 heteroatoms. The first-order valence-electron chi connectivity index (χ1n) is 5.58. The van der Waals surface area contributed by atoms with Crippen molar-refractivity contribution in [3.8, 4) is 0 Å². The fourth-order valence-electron chi connectivity index (χ4n) is 1.49. The lowest BCUT2D eigenvalue weighted by Gasteiger charge is -2.13. The third-order valence-electron chi connectivity index (χ3n) is 2.63. The Morgan fingerprint density at radius 1 is 1.39 bits per heavy atom. The van der Waals surface area contributed by atoms with Gasteiger partial charge in [-0.1, -0.05) is 12.1 Å². The standard InChI is InChI=1S/C12H16N2O4/c1-13(18-2)12(15)5-3-4-10-6-8-11(9-7-10)14(16)17/h6-9H,3-5H2,1-2H3. The number of amides is 1. The van der Waals surface area contributed by atoms with Crippen molar-refractivity contribution in [2.24, 2.45) is 0 Å². The molecule has 1 aromatic carbocycles. The molecular formula is C12H16N2O4. The number of hydroxylamine groups is 2. The Morgan fingerprint density at radius 2 is 2.00 bits per heavy atom. The summed E-state index contributed by atoms with van der Waals surface area (Å²) in [5, 5.41) is 11.7. The van der Waals surface area contributed by atoms with Gasteiger partial charge in [-0.2, -0.15) is 0 Å². The zero-order chi connectivity index (χ0) is 13.5. The Morgan fingerprint density at radius 3 is 2.50 bits per heavy atom. The van der Waals surface area contributed by atoms with Crippen molar-refractivity contribution in [2.75, 3.05) is 14.2 Å². The predicted molar refractivity (Wildman–Crippen MR) is 65.8 cm³/mol. The van der Waals surface area contributed by atoms with Crippen molar-refractivity contribution >= 4 is 11.6 Å². The predicted octanol–water partition coefficient (Wildman–Crippen LogP) is 1.94. The third-order valence-corrected chi connectivity index (χ3v) is 2.63. The summed E-state index contributed by atoms with van der Waals surface area (Å²) in [6.45, 7) is 0. The highest BCUT2D eigenvalue weighted by atomic mass is 16.7. The minimum absolute atomic E-state index is 0.0777. The quantitative estimate of drug-likeness (QED) is 0.573. The lowest BCUT2D eigenvalue weighted by Crippen LogP contribution is -2.25. The molecular weight excluding hydrogens is 236 g/mol. The molecule has 6 nitrogen and oxygen atoms in total. The lowest BCUT2D eigenvalue weighted by atomic mass is 10.1. The van der Waals surface area contributed by atoms with Gasteiger partial charge in [-0.25, -0.2) is 5.06 Å². The van der Waals surface area contributed by atoms with Gasteiger partial charge in [0.2, 0.25) is 5.91 Å². The third kappa shape index (κ3) is 4.14. The fourth-order valence-corrected chi connectivity index (χ4v) is 1.49. The number of nitro benzene ring substituents is 1. The molecule has 0 radical (unpaired) electrons. The van der Waals surface area contributed by atoms with Gasteiger partial charge in [0.05, 0.1) is 12.0 Å². The van der Waals surface area contributed by atoms with Gasteiger partial charge in [-0.15, -0.1) is 0 Å². The van der Waals surface area contributed by atoms with E-state index in [4.69, 9.17) is 4.84 Å². The average Bonchev–Trinajstić information content (AvgIpc) is 2.38. The Hall–Kier alpha value is -1.95. The molecule has 0 saturated heterocycles. The zero-order valence-electron chi connectivity index (χ0n) is 10.5. The van der Waals surface area contributed by atoms with Crippen molar-refractivity contribution in [3.05, 3.63) is 39.9 Å². The normalized spacial score (nSPS) is 10.1. The van der Waals surface area contributed by atoms with Gasteiger partial charge in [-0.3, -0.25) is 19.7 Å². The summed E-state index contributed by atoms with van der Waals surface area (Å²) in [6, 6.07) is 6.36. The van der Waals surface area contributed by atoms with Gasteiger partial charge in [0, 0.05) is 25.6 Å². The Balaban J connectivity index is 2.40. The van der Waals surface area contributed by atoms with Crippen LogP contribution in [0.5, 0.6) is 0 Å². The molecule has 0 aliphatic carbocycles. The van der Waals surface area contributed by atoms with Crippen molar-refractivity contribution in [1.29, 1.82) is 0 Å². The summed E-state index contributed by atoms with van der Waals surface area (Å²) >= 11 is 0. The summed E-state index contributed by atoms with van der Waals surface area (Å²) in [5.41, 5.74) is 1.06. The van der Waals surface area contributed by atoms with E-state index in [0.29, 0.717) is 19.3 Å². The molecule has 0 bridgehead atoms. The molecule has 0 aliphatic rings. The number of nitro groups is 1. The summed E-state index contributed by atoms with van der Waals surface area (Å²) < 4.78 is 0. The molecule has 0 saturated carbocycles. The number of nitrogens with zero attached hydrogens (tertiary/aromatic N) is 2. The molecule has 1 rings (SSSR count). The molecule has 0 heterocycles. The monoisotopic (exact) mass is 252 g/mol. The van der Waals surface area contributed by atoms with Crippen molar-refractivity contribution in [1.82, 2.24) is 5.06 Å². The molecule has 0 atom stereocenters. The van der Waals surface area contributed by atoms with E-state index in [-0.39, 0.29) is 11.6 Å². The van der Waals surface area contributed by atoms with Crippen molar-refractivity contribution in [2.45, 2.75) is 19.3 Å². The van der Waals surface area contributed by atoms with Crippen LogP contribution in [0.15, 0.2) is 24.3 Å². The largest absolute Gasteiger partial charge is 0.275 e. The maximum atomic E-state index is 11.4. The Kier molecular flexibility index (Phi) is 5.26. The second-order valence-corrected chi connectivity index (χ2v) is 3.85. The van der Waals surface area contributed by atoms with E-state index < -0.39 is 4.92 Å². The van der Waals surface area contributed by atoms with Crippen LogP contribution in [0.2, 0.25) is 0 Å². The molecule has 1 aromatic rings. The fraction of sp³-hybridized carbons (Fsp3) is 0.417. The van der Waals surface area contributed by atoms with Gasteiger partial charge in [0.25, 0.3) is 5.69 Å². The van der Waals surface area contributed by atoms with Crippen LogP contribution in [0.1, 0.15) is 18.4 Å². The zero-order valence-corrected chi connectivity index (χ0v) is 10.5. The molecule has 18 heavy (non-hydrogen) atoms. The SMILES string of the molecule is CON(C)C(=O)CCCc1ccc([N+](=O)[O-])cc1. The van der Waals surface area contributed by atoms with E-state index in [1.165, 1.54) is 24.3 Å². The highest BCUT2D eigenvalue weighted by Crippen LogP contribution is 2.13. The Labute approximate surface area is 105 Å². The van der Waals surface area contributed by atoms with Gasteiger partial charge in [-0.05, 0) is 18.4 Å². The summed E-state index contributed by atoms with van der Waals surface area (Å²) in [7, 11) is 3.00. The van der Waals surface area contributed by atoms with Crippen LogP contribution in [-0.2, 0) is 16.1 Å². The Bertz CT molecular complexity index is 417. The van der Waals surface area contributed by atoms with E-state index in [1.807, 2.05) is 0 Å². The van der Waals surface area contributed by atoms with Crippen LogP contribution in [0.25, 0.3) is 0 Å². The number of carbonyl (C=O) groups is 1. The van der Waals surface area contributed by atoms with Gasteiger partial charge < -0.3 is 0 Å². The second-order valence-electron chi connectivity index (χ2n) is 3.85. The molecule has 0 aliphatic heterocycles. The van der Waals surface area contributed by atoms with Crippen LogP contribution in [-0.4, -0.2) is 30.1 Å². The highest BCUT2D eigenvalue weighted by molar-refractivity contribution is 5.74. The first kappa shape index (κ1) is 14.1. The number of aryl methyl sites for hydroxylation is 1. The molecule has 0 fully saturated rings. The lowest BCUT2D eigenvalue weighted by molar-refractivity contribution is -0.384. The number of non-ortho nitro benzene ring substituents is 1. The van der Waals surface area contributed by atoms with Crippen LogP contribution >= 0.6 is 0 Å². The molecule has 0 N–H and O–H groups in total. The van der Waals surface area contributed by atoms with Crippen LogP contribution in [0.3, 0.4) is 0 Å². The van der Waals surface area contributed by atoms with Gasteiger partial charge in [0.15, 0.2) is 0 Å². The number of carbonyl (C=O) groups excluding carboxylic acids is 1. The first-order valence-corrected chi connectivity index (χ1v) is 5.58. The summed E-state index contributed by atoms with van der Waals surface area (Å²) in [4.78, 5) is 26.2. The number of benzene rings is 1. The van der Waals surface area contributed by atoms with Crippen LogP contribution < -0.4 is 0 Å². The van der Waals surface area contributed by atoms with Gasteiger partial charge >= 0.3 is 0 Å². The molecule has 98 valence electrons. The van der Waals surface area contributed by atoms with E-state index in [9.17, 15) is 14.9 Å². The smallest absolute Gasteiger partial charge is 0.269 e. The van der Waals surface area contributed by atoms with E-state index in [1.54, 1.807) is 19.2 Å². The molecule has 0 unspecified atom stereocenters. The van der Waals surface area contributed by atoms with Crippen LogP contribution in [0.4, 0.5) is 5.69 Å². The summed E-state index contributed by atoms with van der Waals surface area (Å²) in [5.74, 6) is -0.0839. The maximum Gasteiger partial charge on any atom is 0.269 e. The minimum Gasteiger partial charge on any atom is -0.275 e. The molecule has 1 amide bonds. The summed E-state index contributed by atoms with van der Waals surface area (Å²) in [6.07, 6.45) is 1.78. The molecule has 0 spiro atoms. The molecule has 0 aromatic heterocycles. The van der Waals surface area contributed by atoms with Crippen molar-refractivity contribution in [3.63, 3.8) is 0 Å². The average molecular weight is 252 g/mol. The van der Waals surface area contributed by atoms with E-state index in [2.05, 4.69) is 0 Å². The van der Waals surface area contributed by atoms with E-state index >= 15 is 0 Å². The van der Waals surface area contributed by atoms with Crippen molar-refractivity contribution < 1.29 is 14.6 Å². The topological polar surface area (TPSA) is 72.7 Å². The second kappa shape index (κ2) is 6.70. The first-order chi connectivity index (χ1) is 8.54. The minimum atomic E-state index is -0.430. The number of hydrogen-bond donors (Lipinski definition) is 0. The highest BCUT2D eigenvalue weighted by Gasteiger charge is 2.08. The van der Waals surface area contributed by atoms with Gasteiger partial charge in [0.1, 0.15) is 0 Å². The maximum absolute atomic E-state index is 11.4. The number of hydrogen-bond acceptors (Lipinski definition) is 4.